The number of pyridine rings is 1. The number of nitrogens with two attached hydrogens (primary N) is 2. The van der Waals surface area contributed by atoms with Crippen LogP contribution in [0.1, 0.15) is 30.1 Å². The molecule has 5 heteroatoms. The summed E-state index contributed by atoms with van der Waals surface area (Å²) >= 11 is 0. The molecule has 0 spiro atoms. The maximum absolute atomic E-state index is 11.6. The number of benzene rings is 1. The van der Waals surface area contributed by atoms with Gasteiger partial charge in [0.15, 0.2) is 0 Å². The summed E-state index contributed by atoms with van der Waals surface area (Å²) < 4.78 is 0. The van der Waals surface area contributed by atoms with Crippen LogP contribution in [-0.2, 0) is 0 Å². The number of fused-ring (bicyclic) bond motifs is 1. The van der Waals surface area contributed by atoms with Gasteiger partial charge in [0.05, 0.1) is 11.1 Å². The predicted octanol–water partition coefficient (Wildman–Crippen LogP) is 1.87. The average Bonchev–Trinajstić information content (AvgIpc) is 2.45. The van der Waals surface area contributed by atoms with Gasteiger partial charge in [-0.1, -0.05) is 31.5 Å². The van der Waals surface area contributed by atoms with Crippen LogP contribution in [0, 0.1) is 0 Å². The summed E-state index contributed by atoms with van der Waals surface area (Å²) in [5, 5.41) is 4.04. The Labute approximate surface area is 118 Å². The predicted molar refractivity (Wildman–Crippen MR) is 81.6 cm³/mol. The Morgan fingerprint density at radius 3 is 2.80 bits per heavy atom. The fraction of sp³-hybridized carbons (Fsp3) is 0.333. The minimum Gasteiger partial charge on any atom is -0.366 e. The van der Waals surface area contributed by atoms with Gasteiger partial charge in [0, 0.05) is 18.0 Å². The quantitative estimate of drug-likeness (QED) is 0.748. The van der Waals surface area contributed by atoms with E-state index in [1.54, 1.807) is 6.07 Å². The van der Waals surface area contributed by atoms with Crippen LogP contribution in [0.2, 0.25) is 0 Å². The molecule has 5 N–H and O–H groups in total. The van der Waals surface area contributed by atoms with Gasteiger partial charge in [-0.3, -0.25) is 4.79 Å². The summed E-state index contributed by atoms with van der Waals surface area (Å²) in [6.45, 7) is 2.63. The lowest BCUT2D eigenvalue weighted by Gasteiger charge is -2.17. The molecule has 0 radical (unpaired) electrons. The molecule has 1 aromatic heterocycles. The fourth-order valence-electron chi connectivity index (χ4n) is 2.26. The molecular formula is C15H20N4O. The number of carbonyl (C=O) groups excluding carboxylic acids is 1. The molecule has 0 saturated carbocycles. The molecule has 1 aromatic carbocycles. The van der Waals surface area contributed by atoms with Crippen molar-refractivity contribution in [1.29, 1.82) is 0 Å². The van der Waals surface area contributed by atoms with E-state index in [0.29, 0.717) is 17.9 Å². The first-order valence-corrected chi connectivity index (χ1v) is 6.82. The zero-order valence-corrected chi connectivity index (χ0v) is 11.6. The summed E-state index contributed by atoms with van der Waals surface area (Å²) in [4.78, 5) is 16.1. The molecule has 20 heavy (non-hydrogen) atoms. The number of para-hydroxylation sites is 1. The summed E-state index contributed by atoms with van der Waals surface area (Å²) in [5.41, 5.74) is 12.4. The van der Waals surface area contributed by atoms with Crippen molar-refractivity contribution in [1.82, 2.24) is 4.98 Å². The number of rotatable bonds is 6. The SMILES string of the molecule is CCCC(CN)Nc1cc(C(N)=O)c2ccccc2n1. The molecule has 1 atom stereocenters. The molecule has 1 heterocycles. The first-order valence-electron chi connectivity index (χ1n) is 6.82. The molecule has 106 valence electrons. The number of hydrogen-bond acceptors (Lipinski definition) is 4. The third-order valence-electron chi connectivity index (χ3n) is 3.26. The molecule has 1 unspecified atom stereocenters. The lowest BCUT2D eigenvalue weighted by molar-refractivity contribution is 0.100. The Kier molecular flexibility index (Phi) is 4.53. The lowest BCUT2D eigenvalue weighted by Crippen LogP contribution is -2.29. The number of carbonyl (C=O) groups is 1. The highest BCUT2D eigenvalue weighted by Crippen LogP contribution is 2.21. The third-order valence-corrected chi connectivity index (χ3v) is 3.26. The Morgan fingerprint density at radius 2 is 2.15 bits per heavy atom. The molecule has 0 fully saturated rings. The third kappa shape index (κ3) is 3.05. The second-order valence-corrected chi connectivity index (χ2v) is 4.80. The molecule has 5 nitrogen and oxygen atoms in total. The highest BCUT2D eigenvalue weighted by Gasteiger charge is 2.12. The van der Waals surface area contributed by atoms with Crippen molar-refractivity contribution in [3.8, 4) is 0 Å². The van der Waals surface area contributed by atoms with Crippen LogP contribution in [0.5, 0.6) is 0 Å². The van der Waals surface area contributed by atoms with Gasteiger partial charge in [0.1, 0.15) is 5.82 Å². The van der Waals surface area contributed by atoms with Crippen molar-refractivity contribution >= 4 is 22.6 Å². The van der Waals surface area contributed by atoms with E-state index in [1.807, 2.05) is 24.3 Å². The van der Waals surface area contributed by atoms with Crippen LogP contribution in [-0.4, -0.2) is 23.5 Å². The molecular weight excluding hydrogens is 252 g/mol. The van der Waals surface area contributed by atoms with Crippen LogP contribution >= 0.6 is 0 Å². The first kappa shape index (κ1) is 14.3. The molecule has 0 aliphatic rings. The fourth-order valence-corrected chi connectivity index (χ4v) is 2.26. The van der Waals surface area contributed by atoms with Gasteiger partial charge < -0.3 is 16.8 Å². The second-order valence-electron chi connectivity index (χ2n) is 4.80. The second kappa shape index (κ2) is 6.34. The van der Waals surface area contributed by atoms with Gasteiger partial charge in [-0.15, -0.1) is 0 Å². The van der Waals surface area contributed by atoms with Crippen LogP contribution in [0.25, 0.3) is 10.9 Å². The van der Waals surface area contributed by atoms with Gasteiger partial charge in [0.2, 0.25) is 5.91 Å². The standard InChI is InChI=1S/C15H20N4O/c1-2-5-10(9-16)18-14-8-12(15(17)20)11-6-3-4-7-13(11)19-14/h3-4,6-8,10H,2,5,9,16H2,1H3,(H2,17,20)(H,18,19). The van der Waals surface area contributed by atoms with Gasteiger partial charge in [-0.05, 0) is 18.6 Å². The summed E-state index contributed by atoms with van der Waals surface area (Å²) in [6, 6.07) is 9.31. The van der Waals surface area contributed by atoms with Crippen molar-refractivity contribution in [3.63, 3.8) is 0 Å². The monoisotopic (exact) mass is 272 g/mol. The maximum atomic E-state index is 11.6. The largest absolute Gasteiger partial charge is 0.366 e. The van der Waals surface area contributed by atoms with Crippen molar-refractivity contribution in [3.05, 3.63) is 35.9 Å². The number of anilines is 1. The van der Waals surface area contributed by atoms with Crippen molar-refractivity contribution in [2.24, 2.45) is 11.5 Å². The van der Waals surface area contributed by atoms with E-state index in [-0.39, 0.29) is 6.04 Å². The average molecular weight is 272 g/mol. The van der Waals surface area contributed by atoms with Crippen molar-refractivity contribution in [2.75, 3.05) is 11.9 Å². The van der Waals surface area contributed by atoms with Gasteiger partial charge in [-0.25, -0.2) is 4.98 Å². The molecule has 0 bridgehead atoms. The number of aromatic nitrogens is 1. The minimum absolute atomic E-state index is 0.148. The highest BCUT2D eigenvalue weighted by atomic mass is 16.1. The first-order chi connectivity index (χ1) is 9.65. The number of hydrogen-bond donors (Lipinski definition) is 3. The van der Waals surface area contributed by atoms with E-state index in [0.717, 1.165) is 23.7 Å². The van der Waals surface area contributed by atoms with Crippen LogP contribution in [0.4, 0.5) is 5.82 Å². The van der Waals surface area contributed by atoms with E-state index in [2.05, 4.69) is 17.2 Å². The minimum atomic E-state index is -0.452. The number of nitrogens with one attached hydrogen (secondary N) is 1. The van der Waals surface area contributed by atoms with Gasteiger partial charge >= 0.3 is 0 Å². The summed E-state index contributed by atoms with van der Waals surface area (Å²) in [5.74, 6) is 0.188. The molecule has 2 rings (SSSR count). The van der Waals surface area contributed by atoms with Crippen molar-refractivity contribution < 1.29 is 4.79 Å². The van der Waals surface area contributed by atoms with Crippen LogP contribution in [0.3, 0.4) is 0 Å². The Bertz CT molecular complexity index is 612. The van der Waals surface area contributed by atoms with Crippen molar-refractivity contribution in [2.45, 2.75) is 25.8 Å². The topological polar surface area (TPSA) is 94.0 Å². The molecule has 2 aromatic rings. The highest BCUT2D eigenvalue weighted by molar-refractivity contribution is 6.06. The summed E-state index contributed by atoms with van der Waals surface area (Å²) in [6.07, 6.45) is 1.99. The normalized spacial score (nSPS) is 12.3. The molecule has 0 aliphatic carbocycles. The maximum Gasteiger partial charge on any atom is 0.249 e. The number of nitrogens with zero attached hydrogens (tertiary/aromatic N) is 1. The van der Waals surface area contributed by atoms with Gasteiger partial charge in [0.25, 0.3) is 0 Å². The molecule has 1 amide bonds. The zero-order chi connectivity index (χ0) is 14.5. The van der Waals surface area contributed by atoms with E-state index in [4.69, 9.17) is 11.5 Å². The van der Waals surface area contributed by atoms with E-state index in [9.17, 15) is 4.79 Å². The zero-order valence-electron chi connectivity index (χ0n) is 11.6. The summed E-state index contributed by atoms with van der Waals surface area (Å²) in [7, 11) is 0. The lowest BCUT2D eigenvalue weighted by atomic mass is 10.1. The van der Waals surface area contributed by atoms with Gasteiger partial charge in [-0.2, -0.15) is 0 Å². The Balaban J connectivity index is 2.42. The number of amides is 1. The molecule has 0 saturated heterocycles. The molecule has 0 aliphatic heterocycles. The smallest absolute Gasteiger partial charge is 0.249 e. The van der Waals surface area contributed by atoms with E-state index >= 15 is 0 Å². The van der Waals surface area contributed by atoms with E-state index < -0.39 is 5.91 Å². The number of primary amides is 1. The Morgan fingerprint density at radius 1 is 1.40 bits per heavy atom. The van der Waals surface area contributed by atoms with E-state index in [1.165, 1.54) is 0 Å². The van der Waals surface area contributed by atoms with Crippen LogP contribution < -0.4 is 16.8 Å². The Hall–Kier alpha value is -2.14. The van der Waals surface area contributed by atoms with Crippen LogP contribution in [0.15, 0.2) is 30.3 Å².